The van der Waals surface area contributed by atoms with Gasteiger partial charge in [0.15, 0.2) is 0 Å². The van der Waals surface area contributed by atoms with Crippen LogP contribution >= 0.6 is 0 Å². The van der Waals surface area contributed by atoms with Gasteiger partial charge in [-0.25, -0.2) is 4.39 Å². The second kappa shape index (κ2) is 4.75. The van der Waals surface area contributed by atoms with Gasteiger partial charge in [-0.3, -0.25) is 0 Å². The average Bonchev–Trinajstić information content (AvgIpc) is 2.05. The summed E-state index contributed by atoms with van der Waals surface area (Å²) >= 11 is 0. The topological polar surface area (TPSA) is 26.0 Å². The van der Waals surface area contributed by atoms with E-state index in [1.54, 1.807) is 6.92 Å². The summed E-state index contributed by atoms with van der Waals surface area (Å²) in [5.74, 6) is 0. The number of nitrogens with two attached hydrogens (primary N) is 1. The van der Waals surface area contributed by atoms with Gasteiger partial charge in [-0.1, -0.05) is 24.3 Å². The van der Waals surface area contributed by atoms with Crippen LogP contribution in [0.2, 0.25) is 0 Å². The molecule has 0 aliphatic carbocycles. The Balaban J connectivity index is 2.86. The lowest BCUT2D eigenvalue weighted by atomic mass is 9.91. The van der Waals surface area contributed by atoms with Crippen molar-refractivity contribution in [3.63, 3.8) is 0 Å². The third-order valence-electron chi connectivity index (χ3n) is 2.27. The van der Waals surface area contributed by atoms with Crippen molar-refractivity contribution in [2.45, 2.75) is 45.3 Å². The van der Waals surface area contributed by atoms with Gasteiger partial charge >= 0.3 is 0 Å². The molecule has 0 radical (unpaired) electrons. The van der Waals surface area contributed by atoms with Crippen LogP contribution in [-0.4, -0.2) is 11.7 Å². The molecule has 0 amide bonds. The highest BCUT2D eigenvalue weighted by Gasteiger charge is 2.14. The molecule has 1 unspecified atom stereocenters. The van der Waals surface area contributed by atoms with Crippen LogP contribution in [-0.2, 0) is 12.8 Å². The van der Waals surface area contributed by atoms with Gasteiger partial charge in [0.2, 0.25) is 0 Å². The van der Waals surface area contributed by atoms with Crippen molar-refractivity contribution in [1.82, 2.24) is 0 Å². The SMILES string of the molecule is CC(F)Cc1ccccc1CC(C)(C)N. The summed E-state index contributed by atoms with van der Waals surface area (Å²) in [5.41, 5.74) is 7.97. The Kier molecular flexibility index (Phi) is 3.86. The first kappa shape index (κ1) is 12.2. The van der Waals surface area contributed by atoms with Crippen LogP contribution in [0.25, 0.3) is 0 Å². The van der Waals surface area contributed by atoms with Crippen molar-refractivity contribution in [3.8, 4) is 0 Å². The van der Waals surface area contributed by atoms with Crippen LogP contribution in [0.1, 0.15) is 31.9 Å². The Hall–Kier alpha value is -0.890. The second-order valence-electron chi connectivity index (χ2n) is 4.92. The van der Waals surface area contributed by atoms with E-state index in [1.807, 2.05) is 38.1 Å². The fourth-order valence-corrected chi connectivity index (χ4v) is 1.72. The van der Waals surface area contributed by atoms with Crippen molar-refractivity contribution >= 4 is 0 Å². The molecule has 2 N–H and O–H groups in total. The summed E-state index contributed by atoms with van der Waals surface area (Å²) in [4.78, 5) is 0. The predicted octanol–water partition coefficient (Wildman–Crippen LogP) is 2.87. The van der Waals surface area contributed by atoms with E-state index in [1.165, 1.54) is 0 Å². The third-order valence-corrected chi connectivity index (χ3v) is 2.27. The van der Waals surface area contributed by atoms with Gasteiger partial charge in [0.25, 0.3) is 0 Å². The van der Waals surface area contributed by atoms with Crippen molar-refractivity contribution in [1.29, 1.82) is 0 Å². The molecule has 1 nitrogen and oxygen atoms in total. The van der Waals surface area contributed by atoms with E-state index >= 15 is 0 Å². The molecule has 0 heterocycles. The van der Waals surface area contributed by atoms with E-state index < -0.39 is 6.17 Å². The Morgan fingerprint density at radius 1 is 1.27 bits per heavy atom. The number of alkyl halides is 1. The monoisotopic (exact) mass is 209 g/mol. The minimum atomic E-state index is -0.799. The van der Waals surface area contributed by atoms with Crippen LogP contribution < -0.4 is 5.73 Å². The first-order valence-electron chi connectivity index (χ1n) is 5.38. The summed E-state index contributed by atoms with van der Waals surface area (Å²) in [6.45, 7) is 5.57. The van der Waals surface area contributed by atoms with E-state index in [2.05, 4.69) is 0 Å². The summed E-state index contributed by atoms with van der Waals surface area (Å²) in [6, 6.07) is 7.95. The predicted molar refractivity (Wildman–Crippen MR) is 62.7 cm³/mol. The summed E-state index contributed by atoms with van der Waals surface area (Å²) in [6.07, 6.45) is 0.467. The fraction of sp³-hybridized carbons (Fsp3) is 0.538. The van der Waals surface area contributed by atoms with Gasteiger partial charge in [0.1, 0.15) is 6.17 Å². The standard InChI is InChI=1S/C13H20FN/c1-10(14)8-11-6-4-5-7-12(11)9-13(2,3)15/h4-7,10H,8-9,15H2,1-3H3. The van der Waals surface area contributed by atoms with Gasteiger partial charge in [-0.15, -0.1) is 0 Å². The van der Waals surface area contributed by atoms with Crippen molar-refractivity contribution in [3.05, 3.63) is 35.4 Å². The maximum absolute atomic E-state index is 13.0. The quantitative estimate of drug-likeness (QED) is 0.810. The largest absolute Gasteiger partial charge is 0.325 e. The molecule has 0 fully saturated rings. The maximum Gasteiger partial charge on any atom is 0.101 e. The van der Waals surface area contributed by atoms with Gasteiger partial charge in [0, 0.05) is 12.0 Å². The van der Waals surface area contributed by atoms with E-state index in [0.29, 0.717) is 6.42 Å². The molecule has 0 saturated heterocycles. The maximum atomic E-state index is 13.0. The highest BCUT2D eigenvalue weighted by Crippen LogP contribution is 2.17. The molecular weight excluding hydrogens is 189 g/mol. The minimum Gasteiger partial charge on any atom is -0.325 e. The number of hydrogen-bond acceptors (Lipinski definition) is 1. The number of halogens is 1. The molecule has 1 rings (SSSR count). The van der Waals surface area contributed by atoms with Crippen molar-refractivity contribution in [2.75, 3.05) is 0 Å². The molecule has 0 bridgehead atoms. The molecule has 0 saturated carbocycles. The lowest BCUT2D eigenvalue weighted by Gasteiger charge is -2.20. The highest BCUT2D eigenvalue weighted by molar-refractivity contribution is 5.29. The van der Waals surface area contributed by atoms with Crippen LogP contribution in [0.3, 0.4) is 0 Å². The Morgan fingerprint density at radius 2 is 1.80 bits per heavy atom. The average molecular weight is 209 g/mol. The van der Waals surface area contributed by atoms with Crippen molar-refractivity contribution < 1.29 is 4.39 Å². The van der Waals surface area contributed by atoms with E-state index in [-0.39, 0.29) is 5.54 Å². The number of rotatable bonds is 4. The molecular formula is C13H20FN. The Morgan fingerprint density at radius 3 is 2.27 bits per heavy atom. The Bertz CT molecular complexity index is 313. The van der Waals surface area contributed by atoms with Gasteiger partial charge in [0.05, 0.1) is 0 Å². The fourth-order valence-electron chi connectivity index (χ4n) is 1.72. The highest BCUT2D eigenvalue weighted by atomic mass is 19.1. The molecule has 0 aliphatic heterocycles. The molecule has 15 heavy (non-hydrogen) atoms. The normalized spacial score (nSPS) is 13.9. The number of benzene rings is 1. The van der Waals surface area contributed by atoms with Gasteiger partial charge in [-0.05, 0) is 38.3 Å². The molecule has 84 valence electrons. The zero-order chi connectivity index (χ0) is 11.5. The molecule has 2 heteroatoms. The lowest BCUT2D eigenvalue weighted by molar-refractivity contribution is 0.358. The van der Waals surface area contributed by atoms with Crippen molar-refractivity contribution in [2.24, 2.45) is 5.73 Å². The van der Waals surface area contributed by atoms with Crippen LogP contribution in [0, 0.1) is 0 Å². The lowest BCUT2D eigenvalue weighted by Crippen LogP contribution is -2.34. The van der Waals surface area contributed by atoms with Gasteiger partial charge < -0.3 is 5.73 Å². The summed E-state index contributed by atoms with van der Waals surface area (Å²) in [5, 5.41) is 0. The first-order valence-corrected chi connectivity index (χ1v) is 5.38. The zero-order valence-electron chi connectivity index (χ0n) is 9.76. The zero-order valence-corrected chi connectivity index (χ0v) is 9.76. The van der Waals surface area contributed by atoms with Crippen LogP contribution in [0.15, 0.2) is 24.3 Å². The van der Waals surface area contributed by atoms with Crippen LogP contribution in [0.5, 0.6) is 0 Å². The minimum absolute atomic E-state index is 0.240. The van der Waals surface area contributed by atoms with E-state index in [9.17, 15) is 4.39 Å². The molecule has 1 atom stereocenters. The van der Waals surface area contributed by atoms with Gasteiger partial charge in [-0.2, -0.15) is 0 Å². The summed E-state index contributed by atoms with van der Waals surface area (Å²) < 4.78 is 13.0. The molecule has 0 spiro atoms. The first-order chi connectivity index (χ1) is 6.88. The number of hydrogen-bond donors (Lipinski definition) is 1. The van der Waals surface area contributed by atoms with Crippen LogP contribution in [0.4, 0.5) is 4.39 Å². The smallest absolute Gasteiger partial charge is 0.101 e. The Labute approximate surface area is 91.5 Å². The molecule has 1 aromatic rings. The molecule has 0 aliphatic rings. The van der Waals surface area contributed by atoms with E-state index in [4.69, 9.17) is 5.73 Å². The van der Waals surface area contributed by atoms with E-state index in [0.717, 1.165) is 17.5 Å². The molecule has 0 aromatic heterocycles. The summed E-state index contributed by atoms with van der Waals surface area (Å²) in [7, 11) is 0. The second-order valence-corrected chi connectivity index (χ2v) is 4.92. The third kappa shape index (κ3) is 4.43. The molecule has 1 aromatic carbocycles.